The standard InChI is InChI=1S/C21H13Cl4N3O2S/c22-14-3-1-12(17(24)7-14)10-27-20-6-5-16(28(29)30)9-19(20)26-21(27)31-11-13-2-4-15(23)8-18(13)25/h1-9H,10-11H2. The molecule has 0 N–H and O–H groups in total. The van der Waals surface area contributed by atoms with Gasteiger partial charge < -0.3 is 4.57 Å². The van der Waals surface area contributed by atoms with E-state index in [1.807, 2.05) is 16.7 Å². The first kappa shape index (κ1) is 22.2. The second-order valence-electron chi connectivity index (χ2n) is 6.67. The van der Waals surface area contributed by atoms with Gasteiger partial charge in [-0.2, -0.15) is 0 Å². The van der Waals surface area contributed by atoms with Crippen LogP contribution in [0.3, 0.4) is 0 Å². The van der Waals surface area contributed by atoms with Crippen LogP contribution in [0, 0.1) is 10.1 Å². The van der Waals surface area contributed by atoms with Crippen LogP contribution in [0.5, 0.6) is 0 Å². The SMILES string of the molecule is O=[N+]([O-])c1ccc2c(c1)nc(SCc1ccc(Cl)cc1Cl)n2Cc1ccc(Cl)cc1Cl. The second-order valence-corrected chi connectivity index (χ2v) is 9.30. The Hall–Kier alpha value is -1.96. The number of thioether (sulfide) groups is 1. The highest BCUT2D eigenvalue weighted by Crippen LogP contribution is 2.33. The summed E-state index contributed by atoms with van der Waals surface area (Å²) in [7, 11) is 0. The van der Waals surface area contributed by atoms with Crippen molar-refractivity contribution in [1.82, 2.24) is 9.55 Å². The van der Waals surface area contributed by atoms with Gasteiger partial charge in [0, 0.05) is 38.0 Å². The van der Waals surface area contributed by atoms with E-state index in [2.05, 4.69) is 4.98 Å². The first-order chi connectivity index (χ1) is 14.8. The van der Waals surface area contributed by atoms with Crippen LogP contribution in [0.25, 0.3) is 11.0 Å². The third kappa shape index (κ3) is 4.94. The number of imidazole rings is 1. The molecule has 0 saturated carbocycles. The fraction of sp³-hybridized carbons (Fsp3) is 0.0952. The number of rotatable bonds is 6. The van der Waals surface area contributed by atoms with Gasteiger partial charge in [0.25, 0.3) is 5.69 Å². The van der Waals surface area contributed by atoms with Gasteiger partial charge in [-0.1, -0.05) is 70.3 Å². The van der Waals surface area contributed by atoms with Gasteiger partial charge in [-0.25, -0.2) is 4.98 Å². The van der Waals surface area contributed by atoms with Gasteiger partial charge in [0.2, 0.25) is 0 Å². The second kappa shape index (κ2) is 9.27. The fourth-order valence-corrected chi connectivity index (χ4v) is 5.11. The van der Waals surface area contributed by atoms with Crippen molar-refractivity contribution in [2.24, 2.45) is 0 Å². The lowest BCUT2D eigenvalue weighted by atomic mass is 10.2. The van der Waals surface area contributed by atoms with Crippen molar-refractivity contribution in [3.05, 3.63) is 95.9 Å². The van der Waals surface area contributed by atoms with Crippen LogP contribution < -0.4 is 0 Å². The number of fused-ring (bicyclic) bond motifs is 1. The van der Waals surface area contributed by atoms with Gasteiger partial charge in [0.05, 0.1) is 22.5 Å². The van der Waals surface area contributed by atoms with Crippen molar-refractivity contribution in [3.63, 3.8) is 0 Å². The Morgan fingerprint density at radius 3 is 2.16 bits per heavy atom. The lowest BCUT2D eigenvalue weighted by Gasteiger charge is -2.11. The van der Waals surface area contributed by atoms with E-state index in [4.69, 9.17) is 46.4 Å². The highest BCUT2D eigenvalue weighted by Gasteiger charge is 2.17. The number of aromatic nitrogens is 2. The lowest BCUT2D eigenvalue weighted by Crippen LogP contribution is -2.02. The summed E-state index contributed by atoms with van der Waals surface area (Å²) in [6, 6.07) is 15.3. The van der Waals surface area contributed by atoms with Crippen LogP contribution in [0.1, 0.15) is 11.1 Å². The third-order valence-corrected chi connectivity index (χ3v) is 6.82. The summed E-state index contributed by atoms with van der Waals surface area (Å²) in [6.07, 6.45) is 0. The van der Waals surface area contributed by atoms with Gasteiger partial charge >= 0.3 is 0 Å². The Morgan fingerprint density at radius 2 is 1.55 bits per heavy atom. The van der Waals surface area contributed by atoms with E-state index in [-0.39, 0.29) is 5.69 Å². The predicted molar refractivity (Wildman–Crippen MR) is 128 cm³/mol. The molecule has 0 aliphatic rings. The molecule has 0 atom stereocenters. The molecule has 0 aliphatic carbocycles. The number of halogens is 4. The van der Waals surface area contributed by atoms with Gasteiger partial charge in [0.15, 0.2) is 5.16 Å². The average molecular weight is 513 g/mol. The number of nitrogens with zero attached hydrogens (tertiary/aromatic N) is 3. The molecular formula is C21H13Cl4N3O2S. The highest BCUT2D eigenvalue weighted by atomic mass is 35.5. The van der Waals surface area contributed by atoms with E-state index in [0.29, 0.717) is 43.1 Å². The number of non-ortho nitro benzene ring substituents is 1. The Balaban J connectivity index is 1.74. The zero-order valence-electron chi connectivity index (χ0n) is 15.7. The minimum absolute atomic E-state index is 0.0148. The fourth-order valence-electron chi connectivity index (χ4n) is 3.07. The molecule has 0 unspecified atom stereocenters. The van der Waals surface area contributed by atoms with Crippen molar-refractivity contribution in [3.8, 4) is 0 Å². The third-order valence-electron chi connectivity index (χ3n) is 4.62. The van der Waals surface area contributed by atoms with E-state index < -0.39 is 4.92 Å². The predicted octanol–water partition coefficient (Wildman–Crippen LogP) is 7.90. The minimum Gasteiger partial charge on any atom is -0.314 e. The molecule has 10 heteroatoms. The number of nitro groups is 1. The molecule has 1 heterocycles. The van der Waals surface area contributed by atoms with Gasteiger partial charge in [-0.15, -0.1) is 0 Å². The average Bonchev–Trinajstić information content (AvgIpc) is 3.06. The van der Waals surface area contributed by atoms with E-state index in [0.717, 1.165) is 16.6 Å². The highest BCUT2D eigenvalue weighted by molar-refractivity contribution is 7.98. The Kier molecular flexibility index (Phi) is 6.65. The van der Waals surface area contributed by atoms with E-state index in [1.165, 1.54) is 23.9 Å². The van der Waals surface area contributed by atoms with Crippen LogP contribution in [0.2, 0.25) is 20.1 Å². The summed E-state index contributed by atoms with van der Waals surface area (Å²) in [5.74, 6) is 0.551. The molecule has 0 saturated heterocycles. The largest absolute Gasteiger partial charge is 0.314 e. The summed E-state index contributed by atoms with van der Waals surface area (Å²) in [4.78, 5) is 15.4. The maximum absolute atomic E-state index is 11.2. The van der Waals surface area contributed by atoms with Crippen LogP contribution in [0.4, 0.5) is 5.69 Å². The van der Waals surface area contributed by atoms with Crippen LogP contribution >= 0.6 is 58.2 Å². The van der Waals surface area contributed by atoms with E-state index in [1.54, 1.807) is 30.3 Å². The van der Waals surface area contributed by atoms with Gasteiger partial charge in [-0.05, 0) is 41.5 Å². The molecular weight excluding hydrogens is 500 g/mol. The molecule has 0 fully saturated rings. The number of benzene rings is 3. The number of hydrogen-bond acceptors (Lipinski definition) is 4. The Morgan fingerprint density at radius 1 is 0.903 bits per heavy atom. The molecule has 5 nitrogen and oxygen atoms in total. The summed E-state index contributed by atoms with van der Waals surface area (Å²) in [5.41, 5.74) is 3.05. The van der Waals surface area contributed by atoms with Crippen LogP contribution in [0.15, 0.2) is 59.8 Å². The van der Waals surface area contributed by atoms with Crippen LogP contribution in [-0.2, 0) is 12.3 Å². The molecule has 0 amide bonds. The normalized spacial score (nSPS) is 11.2. The number of hydrogen-bond donors (Lipinski definition) is 0. The Labute approximate surface area is 202 Å². The van der Waals surface area contributed by atoms with Crippen molar-refractivity contribution in [2.45, 2.75) is 17.5 Å². The zero-order chi connectivity index (χ0) is 22.1. The van der Waals surface area contributed by atoms with Crippen molar-refractivity contribution < 1.29 is 4.92 Å². The summed E-state index contributed by atoms with van der Waals surface area (Å²) in [5, 5.41) is 14.1. The summed E-state index contributed by atoms with van der Waals surface area (Å²) >= 11 is 26.2. The quantitative estimate of drug-likeness (QED) is 0.149. The van der Waals surface area contributed by atoms with Gasteiger partial charge in [0.1, 0.15) is 0 Å². The first-order valence-electron chi connectivity index (χ1n) is 8.97. The molecule has 0 radical (unpaired) electrons. The Bertz CT molecular complexity index is 1310. The molecule has 0 aliphatic heterocycles. The lowest BCUT2D eigenvalue weighted by molar-refractivity contribution is -0.384. The maximum atomic E-state index is 11.2. The van der Waals surface area contributed by atoms with E-state index >= 15 is 0 Å². The monoisotopic (exact) mass is 511 g/mol. The topological polar surface area (TPSA) is 61.0 Å². The molecule has 1 aromatic heterocycles. The maximum Gasteiger partial charge on any atom is 0.271 e. The molecule has 4 rings (SSSR count). The molecule has 0 bridgehead atoms. The summed E-state index contributed by atoms with van der Waals surface area (Å²) in [6.45, 7) is 0.432. The molecule has 4 aromatic rings. The van der Waals surface area contributed by atoms with Gasteiger partial charge in [-0.3, -0.25) is 10.1 Å². The van der Waals surface area contributed by atoms with E-state index in [9.17, 15) is 10.1 Å². The van der Waals surface area contributed by atoms with Crippen molar-refractivity contribution >= 4 is 74.9 Å². The smallest absolute Gasteiger partial charge is 0.271 e. The molecule has 3 aromatic carbocycles. The molecule has 158 valence electrons. The molecule has 0 spiro atoms. The van der Waals surface area contributed by atoms with Crippen molar-refractivity contribution in [2.75, 3.05) is 0 Å². The van der Waals surface area contributed by atoms with Crippen LogP contribution in [-0.4, -0.2) is 14.5 Å². The number of nitro benzene ring substituents is 1. The minimum atomic E-state index is -0.436. The van der Waals surface area contributed by atoms with Crippen molar-refractivity contribution in [1.29, 1.82) is 0 Å². The zero-order valence-corrected chi connectivity index (χ0v) is 19.5. The first-order valence-corrected chi connectivity index (χ1v) is 11.5. The summed E-state index contributed by atoms with van der Waals surface area (Å²) < 4.78 is 1.97. The molecule has 31 heavy (non-hydrogen) atoms.